The van der Waals surface area contributed by atoms with Crippen molar-refractivity contribution in [2.75, 3.05) is 6.61 Å². The quantitative estimate of drug-likeness (QED) is 0.428. The van der Waals surface area contributed by atoms with Crippen molar-refractivity contribution >= 4 is 24.0 Å². The fourth-order valence-electron chi connectivity index (χ4n) is 2.95. The number of rotatable bonds is 9. The topological polar surface area (TPSA) is 30.5 Å². The highest BCUT2D eigenvalue weighted by Gasteiger charge is 2.12. The molecule has 0 bridgehead atoms. The summed E-state index contributed by atoms with van der Waals surface area (Å²) in [5.74, 6) is 1.56. The molecule has 3 aromatic rings. The van der Waals surface area contributed by atoms with Gasteiger partial charge in [0.05, 0.1) is 6.61 Å². The fraction of sp³-hybridized carbons (Fsp3) is 0.250. The Hall–Kier alpha value is -2.20. The lowest BCUT2D eigenvalue weighted by Crippen LogP contribution is -2.14. The maximum Gasteiger partial charge on any atom is 0.166 e. The Morgan fingerprint density at radius 2 is 1.52 bits per heavy atom. The van der Waals surface area contributed by atoms with E-state index >= 15 is 0 Å². The second kappa shape index (κ2) is 11.7. The van der Waals surface area contributed by atoms with E-state index in [9.17, 15) is 0 Å². The van der Waals surface area contributed by atoms with Crippen molar-refractivity contribution in [3.63, 3.8) is 0 Å². The lowest BCUT2D eigenvalue weighted by molar-refractivity contribution is 0.266. The average Bonchev–Trinajstić information content (AvgIpc) is 2.70. The van der Waals surface area contributed by atoms with Crippen LogP contribution in [0.1, 0.15) is 29.2 Å². The molecular formula is C24H27Cl2NO2. The van der Waals surface area contributed by atoms with Crippen LogP contribution < -0.4 is 14.8 Å². The van der Waals surface area contributed by atoms with Crippen LogP contribution in [0.2, 0.25) is 5.02 Å². The highest BCUT2D eigenvalue weighted by Crippen LogP contribution is 2.32. The van der Waals surface area contributed by atoms with E-state index in [0.29, 0.717) is 26.3 Å². The predicted octanol–water partition coefficient (Wildman–Crippen LogP) is 6.34. The zero-order valence-corrected chi connectivity index (χ0v) is 18.4. The SMILES string of the molecule is CCOc1cccc(CNCc2ccccc2Cl)c1OCc1ccc(C)cc1.Cl. The van der Waals surface area contributed by atoms with Crippen LogP contribution in [0.15, 0.2) is 66.7 Å². The molecule has 0 aliphatic rings. The standard InChI is InChI=1S/C24H26ClNO2.ClH/c1-3-27-23-10-6-8-21(16-26-15-20-7-4-5-9-22(20)25)24(23)28-17-19-13-11-18(2)12-14-19;/h4-14,26H,3,15-17H2,1-2H3;1H. The molecule has 0 radical (unpaired) electrons. The lowest BCUT2D eigenvalue weighted by atomic mass is 10.1. The number of ether oxygens (including phenoxy) is 2. The Labute approximate surface area is 184 Å². The van der Waals surface area contributed by atoms with Gasteiger partial charge in [-0.15, -0.1) is 12.4 Å². The van der Waals surface area contributed by atoms with Crippen molar-refractivity contribution in [2.24, 2.45) is 0 Å². The van der Waals surface area contributed by atoms with Gasteiger partial charge < -0.3 is 14.8 Å². The van der Waals surface area contributed by atoms with E-state index < -0.39 is 0 Å². The van der Waals surface area contributed by atoms with Crippen molar-refractivity contribution < 1.29 is 9.47 Å². The molecule has 3 rings (SSSR count). The summed E-state index contributed by atoms with van der Waals surface area (Å²) in [5.41, 5.74) is 4.51. The van der Waals surface area contributed by atoms with Gasteiger partial charge in [-0.05, 0) is 37.1 Å². The van der Waals surface area contributed by atoms with Crippen LogP contribution in [0.3, 0.4) is 0 Å². The van der Waals surface area contributed by atoms with Gasteiger partial charge in [-0.25, -0.2) is 0 Å². The summed E-state index contributed by atoms with van der Waals surface area (Å²) in [7, 11) is 0. The molecule has 3 nitrogen and oxygen atoms in total. The molecule has 0 atom stereocenters. The second-order valence-electron chi connectivity index (χ2n) is 6.65. The normalized spacial score (nSPS) is 10.3. The maximum absolute atomic E-state index is 6.25. The van der Waals surface area contributed by atoms with Gasteiger partial charge in [0.2, 0.25) is 0 Å². The summed E-state index contributed by atoms with van der Waals surface area (Å²) in [6, 6.07) is 22.3. The molecule has 5 heteroatoms. The number of hydrogen-bond acceptors (Lipinski definition) is 3. The van der Waals surface area contributed by atoms with Crippen LogP contribution in [0.25, 0.3) is 0 Å². The van der Waals surface area contributed by atoms with Gasteiger partial charge in [-0.1, -0.05) is 71.8 Å². The second-order valence-corrected chi connectivity index (χ2v) is 7.05. The third kappa shape index (κ3) is 6.67. The van der Waals surface area contributed by atoms with E-state index in [1.807, 2.05) is 43.3 Å². The largest absolute Gasteiger partial charge is 0.490 e. The molecule has 0 amide bonds. The molecule has 0 unspecified atom stereocenters. The maximum atomic E-state index is 6.25. The molecule has 1 N–H and O–H groups in total. The van der Waals surface area contributed by atoms with E-state index in [4.69, 9.17) is 21.1 Å². The van der Waals surface area contributed by atoms with Crippen molar-refractivity contribution in [3.05, 3.63) is 94.0 Å². The third-order valence-electron chi connectivity index (χ3n) is 4.45. The van der Waals surface area contributed by atoms with Crippen molar-refractivity contribution in [2.45, 2.75) is 33.5 Å². The van der Waals surface area contributed by atoms with E-state index in [2.05, 4.69) is 42.6 Å². The Morgan fingerprint density at radius 3 is 2.24 bits per heavy atom. The Balaban J connectivity index is 0.00000300. The van der Waals surface area contributed by atoms with Crippen LogP contribution in [0.5, 0.6) is 11.5 Å². The average molecular weight is 432 g/mol. The number of aryl methyl sites for hydroxylation is 1. The molecule has 154 valence electrons. The molecule has 0 saturated carbocycles. The first-order valence-electron chi connectivity index (χ1n) is 9.54. The van der Waals surface area contributed by atoms with Gasteiger partial charge in [0.25, 0.3) is 0 Å². The first-order chi connectivity index (χ1) is 13.7. The molecule has 0 saturated heterocycles. The number of benzene rings is 3. The highest BCUT2D eigenvalue weighted by molar-refractivity contribution is 6.31. The number of halogens is 2. The molecule has 29 heavy (non-hydrogen) atoms. The molecular weight excluding hydrogens is 405 g/mol. The summed E-state index contributed by atoms with van der Waals surface area (Å²) in [6.07, 6.45) is 0. The van der Waals surface area contributed by atoms with E-state index in [0.717, 1.165) is 33.2 Å². The summed E-state index contributed by atoms with van der Waals surface area (Å²) in [4.78, 5) is 0. The number of nitrogens with one attached hydrogen (secondary N) is 1. The van der Waals surface area contributed by atoms with Crippen molar-refractivity contribution in [1.82, 2.24) is 5.32 Å². The number of hydrogen-bond donors (Lipinski definition) is 1. The summed E-state index contributed by atoms with van der Waals surface area (Å²) < 4.78 is 12.0. The van der Waals surface area contributed by atoms with E-state index in [-0.39, 0.29) is 12.4 Å². The van der Waals surface area contributed by atoms with Crippen LogP contribution >= 0.6 is 24.0 Å². The summed E-state index contributed by atoms with van der Waals surface area (Å²) in [5, 5.41) is 4.23. The Morgan fingerprint density at radius 1 is 0.828 bits per heavy atom. The van der Waals surface area contributed by atoms with Crippen LogP contribution in [-0.4, -0.2) is 6.61 Å². The minimum Gasteiger partial charge on any atom is -0.490 e. The molecule has 0 fully saturated rings. The van der Waals surface area contributed by atoms with Crippen LogP contribution in [-0.2, 0) is 19.7 Å². The predicted molar refractivity (Wildman–Crippen MR) is 122 cm³/mol. The summed E-state index contributed by atoms with van der Waals surface area (Å²) in [6.45, 7) is 6.51. The van der Waals surface area contributed by atoms with Gasteiger partial charge in [0.1, 0.15) is 6.61 Å². The fourth-order valence-corrected chi connectivity index (χ4v) is 3.15. The molecule has 0 aliphatic heterocycles. The van der Waals surface area contributed by atoms with Crippen molar-refractivity contribution in [3.8, 4) is 11.5 Å². The van der Waals surface area contributed by atoms with Gasteiger partial charge in [-0.2, -0.15) is 0 Å². The Bertz CT molecular complexity index is 898. The highest BCUT2D eigenvalue weighted by atomic mass is 35.5. The van der Waals surface area contributed by atoms with E-state index in [1.165, 1.54) is 5.56 Å². The first-order valence-corrected chi connectivity index (χ1v) is 9.92. The Kier molecular flexibility index (Phi) is 9.33. The van der Waals surface area contributed by atoms with Gasteiger partial charge in [0.15, 0.2) is 11.5 Å². The smallest absolute Gasteiger partial charge is 0.166 e. The first kappa shape index (κ1) is 23.1. The zero-order valence-electron chi connectivity index (χ0n) is 16.8. The molecule has 3 aromatic carbocycles. The molecule has 0 heterocycles. The molecule has 0 spiro atoms. The summed E-state index contributed by atoms with van der Waals surface area (Å²) >= 11 is 6.25. The van der Waals surface area contributed by atoms with Gasteiger partial charge in [0, 0.05) is 23.7 Å². The third-order valence-corrected chi connectivity index (χ3v) is 4.82. The minimum absolute atomic E-state index is 0. The van der Waals surface area contributed by atoms with Crippen molar-refractivity contribution in [1.29, 1.82) is 0 Å². The zero-order chi connectivity index (χ0) is 19.8. The molecule has 0 aromatic heterocycles. The monoisotopic (exact) mass is 431 g/mol. The van der Waals surface area contributed by atoms with E-state index in [1.54, 1.807) is 0 Å². The molecule has 0 aliphatic carbocycles. The number of para-hydroxylation sites is 1. The van der Waals surface area contributed by atoms with Gasteiger partial charge >= 0.3 is 0 Å². The van der Waals surface area contributed by atoms with Crippen LogP contribution in [0.4, 0.5) is 0 Å². The van der Waals surface area contributed by atoms with Crippen LogP contribution in [0, 0.1) is 6.92 Å². The minimum atomic E-state index is 0. The van der Waals surface area contributed by atoms with Gasteiger partial charge in [-0.3, -0.25) is 0 Å². The lowest BCUT2D eigenvalue weighted by Gasteiger charge is -2.17.